The number of carbonyl (C=O) groups is 2. The fraction of sp³-hybridized carbons (Fsp3) is 0.400. The molecule has 1 aromatic carbocycles. The van der Waals surface area contributed by atoms with Crippen LogP contribution in [-0.2, 0) is 16.0 Å². The molecule has 0 saturated heterocycles. The van der Waals surface area contributed by atoms with E-state index in [1.165, 1.54) is 0 Å². The largest absolute Gasteiger partial charge is 0.494 e. The van der Waals surface area contributed by atoms with E-state index in [9.17, 15) is 9.59 Å². The summed E-state index contributed by atoms with van der Waals surface area (Å²) < 4.78 is 5.30. The van der Waals surface area contributed by atoms with Crippen molar-refractivity contribution in [2.24, 2.45) is 5.92 Å². The summed E-state index contributed by atoms with van der Waals surface area (Å²) in [6.07, 6.45) is 0.276. The number of benzene rings is 1. The first-order valence-corrected chi connectivity index (χ1v) is 6.55. The van der Waals surface area contributed by atoms with E-state index in [-0.39, 0.29) is 18.6 Å². The molecule has 0 unspecified atom stereocenters. The van der Waals surface area contributed by atoms with E-state index in [0.717, 1.165) is 11.3 Å². The summed E-state index contributed by atoms with van der Waals surface area (Å²) in [5.41, 5.74) is 0.400. The SMILES string of the molecule is CCOc1ccc(CC(=O)C(=N)[C@H](CC)C(=O)O)cc1. The molecule has 2 N–H and O–H groups in total. The van der Waals surface area contributed by atoms with Crippen molar-refractivity contribution in [2.45, 2.75) is 26.7 Å². The monoisotopic (exact) mass is 277 g/mol. The molecule has 0 aromatic heterocycles. The number of rotatable bonds is 8. The summed E-state index contributed by atoms with van der Waals surface area (Å²) in [6.45, 7) is 4.10. The maximum absolute atomic E-state index is 11.9. The van der Waals surface area contributed by atoms with E-state index < -0.39 is 17.7 Å². The van der Waals surface area contributed by atoms with Crippen molar-refractivity contribution in [1.29, 1.82) is 5.41 Å². The van der Waals surface area contributed by atoms with Gasteiger partial charge in [0.15, 0.2) is 5.78 Å². The molecule has 1 atom stereocenters. The van der Waals surface area contributed by atoms with Gasteiger partial charge in [-0.25, -0.2) is 0 Å². The predicted molar refractivity (Wildman–Crippen MR) is 75.5 cm³/mol. The normalized spacial score (nSPS) is 11.7. The van der Waals surface area contributed by atoms with Gasteiger partial charge in [0.2, 0.25) is 0 Å². The minimum absolute atomic E-state index is 0.0367. The molecule has 5 heteroatoms. The Labute approximate surface area is 118 Å². The van der Waals surface area contributed by atoms with Crippen LogP contribution in [0.2, 0.25) is 0 Å². The maximum Gasteiger partial charge on any atom is 0.312 e. The molecule has 0 radical (unpaired) electrons. The minimum atomic E-state index is -1.13. The van der Waals surface area contributed by atoms with Crippen molar-refractivity contribution in [3.63, 3.8) is 0 Å². The van der Waals surface area contributed by atoms with E-state index in [0.29, 0.717) is 6.61 Å². The van der Waals surface area contributed by atoms with Crippen molar-refractivity contribution < 1.29 is 19.4 Å². The van der Waals surface area contributed by atoms with E-state index in [4.69, 9.17) is 15.3 Å². The second kappa shape index (κ2) is 7.43. The number of ether oxygens (including phenoxy) is 1. The topological polar surface area (TPSA) is 87.5 Å². The van der Waals surface area contributed by atoms with Crippen molar-refractivity contribution in [3.05, 3.63) is 29.8 Å². The van der Waals surface area contributed by atoms with Gasteiger partial charge in [-0.1, -0.05) is 19.1 Å². The lowest BCUT2D eigenvalue weighted by molar-refractivity contribution is -0.139. The third-order valence-electron chi connectivity index (χ3n) is 2.95. The summed E-state index contributed by atoms with van der Waals surface area (Å²) >= 11 is 0. The van der Waals surface area contributed by atoms with Crippen LogP contribution in [0.5, 0.6) is 5.75 Å². The molecule has 0 bridgehead atoms. The molecule has 0 amide bonds. The van der Waals surface area contributed by atoms with Crippen LogP contribution in [0.1, 0.15) is 25.8 Å². The molecule has 0 heterocycles. The van der Waals surface area contributed by atoms with E-state index in [1.807, 2.05) is 6.92 Å². The molecule has 108 valence electrons. The first-order chi connectivity index (χ1) is 9.49. The number of hydrogen-bond acceptors (Lipinski definition) is 4. The highest BCUT2D eigenvalue weighted by atomic mass is 16.5. The Morgan fingerprint density at radius 2 is 1.85 bits per heavy atom. The molecule has 1 rings (SSSR count). The van der Waals surface area contributed by atoms with Crippen LogP contribution in [0.25, 0.3) is 0 Å². The third kappa shape index (κ3) is 4.19. The highest BCUT2D eigenvalue weighted by Crippen LogP contribution is 2.14. The molecule has 0 aliphatic rings. The Balaban J connectivity index is 2.70. The first kappa shape index (κ1) is 15.9. The fourth-order valence-corrected chi connectivity index (χ4v) is 1.85. The zero-order chi connectivity index (χ0) is 15.1. The molecule has 20 heavy (non-hydrogen) atoms. The summed E-state index contributed by atoms with van der Waals surface area (Å²) in [4.78, 5) is 22.8. The number of ketones is 1. The molecule has 1 aromatic rings. The van der Waals surface area contributed by atoms with Gasteiger partial charge in [-0.3, -0.25) is 9.59 Å². The Morgan fingerprint density at radius 3 is 2.30 bits per heavy atom. The van der Waals surface area contributed by atoms with Gasteiger partial charge in [-0.2, -0.15) is 0 Å². The summed E-state index contributed by atoms with van der Waals surface area (Å²) in [5.74, 6) is -1.89. The molecule has 5 nitrogen and oxygen atoms in total. The van der Waals surface area contributed by atoms with Gasteiger partial charge in [0.05, 0.1) is 12.3 Å². The van der Waals surface area contributed by atoms with Crippen LogP contribution >= 0.6 is 0 Å². The van der Waals surface area contributed by atoms with Gasteiger partial charge >= 0.3 is 5.97 Å². The Hall–Kier alpha value is -2.17. The van der Waals surface area contributed by atoms with E-state index >= 15 is 0 Å². The Bertz CT molecular complexity index is 493. The second-order valence-electron chi connectivity index (χ2n) is 4.39. The number of carbonyl (C=O) groups excluding carboxylic acids is 1. The van der Waals surface area contributed by atoms with Crippen LogP contribution in [0.15, 0.2) is 24.3 Å². The van der Waals surface area contributed by atoms with Crippen molar-refractivity contribution in [1.82, 2.24) is 0 Å². The lowest BCUT2D eigenvalue weighted by atomic mass is 9.94. The van der Waals surface area contributed by atoms with Crippen molar-refractivity contribution in [3.8, 4) is 5.75 Å². The van der Waals surface area contributed by atoms with Crippen molar-refractivity contribution >= 4 is 17.5 Å². The number of aliphatic carboxylic acids is 1. The van der Waals surface area contributed by atoms with Crippen LogP contribution in [0.3, 0.4) is 0 Å². The molecule has 0 aliphatic heterocycles. The van der Waals surface area contributed by atoms with Gasteiger partial charge in [0, 0.05) is 6.42 Å². The summed E-state index contributed by atoms with van der Waals surface area (Å²) in [5, 5.41) is 16.6. The number of carboxylic acids is 1. The zero-order valence-corrected chi connectivity index (χ0v) is 11.7. The van der Waals surface area contributed by atoms with Gasteiger partial charge in [-0.05, 0) is 31.0 Å². The molecule has 0 saturated carbocycles. The molecule has 0 spiro atoms. The number of Topliss-reactive ketones (excluding diaryl/α,β-unsaturated/α-hetero) is 1. The van der Waals surface area contributed by atoms with Crippen LogP contribution in [0, 0.1) is 11.3 Å². The first-order valence-electron chi connectivity index (χ1n) is 6.55. The van der Waals surface area contributed by atoms with Crippen LogP contribution in [-0.4, -0.2) is 29.2 Å². The highest BCUT2D eigenvalue weighted by Gasteiger charge is 2.25. The van der Waals surface area contributed by atoms with Gasteiger partial charge in [-0.15, -0.1) is 0 Å². The average molecular weight is 277 g/mol. The smallest absolute Gasteiger partial charge is 0.312 e. The van der Waals surface area contributed by atoms with Crippen LogP contribution in [0.4, 0.5) is 0 Å². The quantitative estimate of drug-likeness (QED) is 0.714. The average Bonchev–Trinajstić information content (AvgIpc) is 2.41. The third-order valence-corrected chi connectivity index (χ3v) is 2.95. The second-order valence-corrected chi connectivity index (χ2v) is 4.39. The molecule has 0 aliphatic carbocycles. The molecular weight excluding hydrogens is 258 g/mol. The van der Waals surface area contributed by atoms with Gasteiger partial charge in [0.1, 0.15) is 11.7 Å². The fourth-order valence-electron chi connectivity index (χ4n) is 1.85. The van der Waals surface area contributed by atoms with Gasteiger partial charge in [0.25, 0.3) is 0 Å². The predicted octanol–water partition coefficient (Wildman–Crippen LogP) is 2.33. The highest BCUT2D eigenvalue weighted by molar-refractivity contribution is 6.42. The van der Waals surface area contributed by atoms with Crippen molar-refractivity contribution in [2.75, 3.05) is 6.61 Å². The zero-order valence-electron chi connectivity index (χ0n) is 11.7. The van der Waals surface area contributed by atoms with E-state index in [2.05, 4.69) is 0 Å². The molecular formula is C15H19NO4. The molecule has 0 fully saturated rings. The standard InChI is InChI=1S/C15H19NO4/c1-3-12(15(18)19)14(16)13(17)9-10-5-7-11(8-6-10)20-4-2/h5-8,12,16H,3-4,9H2,1-2H3,(H,18,19)/t12-/m0/s1. The summed E-state index contributed by atoms with van der Waals surface area (Å²) in [7, 11) is 0. The number of carboxylic acid groups (broad SMARTS) is 1. The van der Waals surface area contributed by atoms with Crippen LogP contribution < -0.4 is 4.74 Å². The lowest BCUT2D eigenvalue weighted by Crippen LogP contribution is -2.30. The lowest BCUT2D eigenvalue weighted by Gasteiger charge is -2.10. The number of nitrogens with one attached hydrogen (secondary N) is 1. The number of hydrogen-bond donors (Lipinski definition) is 2. The maximum atomic E-state index is 11.9. The minimum Gasteiger partial charge on any atom is -0.494 e. The Morgan fingerprint density at radius 1 is 1.25 bits per heavy atom. The summed E-state index contributed by atoms with van der Waals surface area (Å²) in [6, 6.07) is 7.00. The van der Waals surface area contributed by atoms with Gasteiger partial charge < -0.3 is 15.3 Å². The Kier molecular flexibility index (Phi) is 5.90. The van der Waals surface area contributed by atoms with E-state index in [1.54, 1.807) is 31.2 Å².